The van der Waals surface area contributed by atoms with Crippen molar-refractivity contribution >= 4 is 45.9 Å². The van der Waals surface area contributed by atoms with Crippen LogP contribution in [-0.4, -0.2) is 43.2 Å². The third-order valence-corrected chi connectivity index (χ3v) is 8.23. The maximum Gasteiger partial charge on any atom is 0.416 e. The number of anilines is 1. The zero-order chi connectivity index (χ0) is 31.4. The van der Waals surface area contributed by atoms with Gasteiger partial charge in [-0.05, 0) is 91.0 Å². The number of hydrogen-bond acceptors (Lipinski definition) is 5. The lowest BCUT2D eigenvalue weighted by molar-refractivity contribution is -0.137. The molecular weight excluding hydrogens is 606 g/mol. The average molecular weight is 637 g/mol. The zero-order valence-corrected chi connectivity index (χ0v) is 26.1. The molecule has 0 aliphatic carbocycles. The Morgan fingerprint density at radius 3 is 2.61 bits per heavy atom. The maximum atomic E-state index is 12.9. The van der Waals surface area contributed by atoms with Crippen molar-refractivity contribution in [3.63, 3.8) is 0 Å². The highest BCUT2D eigenvalue weighted by molar-refractivity contribution is 8.15. The molecule has 3 aromatic carbocycles. The molecule has 0 spiro atoms. The van der Waals surface area contributed by atoms with E-state index in [1.807, 2.05) is 37.3 Å². The van der Waals surface area contributed by atoms with E-state index in [4.69, 9.17) is 12.2 Å². The van der Waals surface area contributed by atoms with E-state index in [2.05, 4.69) is 46.4 Å². The molecule has 228 valence electrons. The molecule has 1 aliphatic heterocycles. The average Bonchev–Trinajstić information content (AvgIpc) is 3.62. The predicted molar refractivity (Wildman–Crippen MR) is 173 cm³/mol. The van der Waals surface area contributed by atoms with Crippen LogP contribution >= 0.6 is 24.0 Å². The molecule has 1 N–H and O–H groups in total. The number of nitrogens with zero attached hydrogens (tertiary/aromatic N) is 5. The second-order valence-corrected chi connectivity index (χ2v) is 12.1. The van der Waals surface area contributed by atoms with Gasteiger partial charge in [0.25, 0.3) is 0 Å². The Hall–Kier alpha value is -4.03. The lowest BCUT2D eigenvalue weighted by Crippen LogP contribution is -2.32. The van der Waals surface area contributed by atoms with Crippen molar-refractivity contribution in [3.05, 3.63) is 95.3 Å². The second-order valence-electron chi connectivity index (χ2n) is 10.7. The summed E-state index contributed by atoms with van der Waals surface area (Å²) in [5, 5.41) is 8.56. The molecule has 44 heavy (non-hydrogen) atoms. The van der Waals surface area contributed by atoms with Crippen molar-refractivity contribution in [1.82, 2.24) is 20.1 Å². The number of thiocarbonyl (C=S) groups is 1. The van der Waals surface area contributed by atoms with Gasteiger partial charge >= 0.3 is 6.18 Å². The Balaban J connectivity index is 1.18. The van der Waals surface area contributed by atoms with Crippen molar-refractivity contribution in [3.8, 4) is 17.1 Å². The highest BCUT2D eigenvalue weighted by Gasteiger charge is 2.32. The van der Waals surface area contributed by atoms with Crippen LogP contribution in [0.4, 0.5) is 18.9 Å². The van der Waals surface area contributed by atoms with Crippen molar-refractivity contribution in [2.75, 3.05) is 17.2 Å². The fourth-order valence-electron chi connectivity index (χ4n) is 4.82. The molecule has 1 fully saturated rings. The quantitative estimate of drug-likeness (QED) is 0.161. The number of halogens is 3. The smallest absolute Gasteiger partial charge is 0.361 e. The van der Waals surface area contributed by atoms with Gasteiger partial charge in [-0.2, -0.15) is 18.2 Å². The summed E-state index contributed by atoms with van der Waals surface area (Å²) in [4.78, 5) is 23.5. The molecule has 0 radical (unpaired) electrons. The SMILES string of the molecule is Cc1ccc(C(C)C)c(N2C(=O)CS/C2=N\C(=S)NCCCc2cccc(-c3ncn(-c4ccc(C(F)(F)F)cc4)n3)c2)c1. The number of carbonyl (C=O) groups excluding carboxylic acids is 1. The van der Waals surface area contributed by atoms with Crippen LogP contribution < -0.4 is 10.2 Å². The first-order valence-electron chi connectivity index (χ1n) is 14.1. The molecule has 2 heterocycles. The fourth-order valence-corrected chi connectivity index (χ4v) is 5.93. The number of nitrogens with one attached hydrogen (secondary N) is 1. The van der Waals surface area contributed by atoms with Crippen molar-refractivity contribution in [2.24, 2.45) is 4.99 Å². The van der Waals surface area contributed by atoms with Crippen molar-refractivity contribution in [1.29, 1.82) is 0 Å². The molecule has 12 heteroatoms. The van der Waals surface area contributed by atoms with Crippen LogP contribution in [0.15, 0.2) is 78.0 Å². The van der Waals surface area contributed by atoms with Gasteiger partial charge in [0.05, 0.1) is 22.7 Å². The summed E-state index contributed by atoms with van der Waals surface area (Å²) in [6.45, 7) is 6.81. The van der Waals surface area contributed by atoms with Crippen molar-refractivity contribution in [2.45, 2.75) is 45.7 Å². The topological polar surface area (TPSA) is 75.4 Å². The lowest BCUT2D eigenvalue weighted by atomic mass is 9.99. The number of aryl methyl sites for hydroxylation is 2. The molecule has 0 saturated carbocycles. The van der Waals surface area contributed by atoms with Crippen LogP contribution in [0.1, 0.15) is 48.4 Å². The molecule has 7 nitrogen and oxygen atoms in total. The molecule has 0 unspecified atom stereocenters. The lowest BCUT2D eigenvalue weighted by Gasteiger charge is -2.22. The molecule has 1 amide bonds. The van der Waals surface area contributed by atoms with Crippen molar-refractivity contribution < 1.29 is 18.0 Å². The molecule has 1 saturated heterocycles. The van der Waals surface area contributed by atoms with Crippen LogP contribution in [0.5, 0.6) is 0 Å². The summed E-state index contributed by atoms with van der Waals surface area (Å²) in [5.41, 5.74) is 4.67. The zero-order valence-electron chi connectivity index (χ0n) is 24.4. The number of aliphatic imine (C=N–C) groups is 1. The summed E-state index contributed by atoms with van der Waals surface area (Å²) in [6.07, 6.45) is -1.36. The number of aromatic nitrogens is 3. The van der Waals surface area contributed by atoms with Crippen LogP contribution in [0.25, 0.3) is 17.1 Å². The number of rotatable bonds is 8. The third-order valence-electron chi connectivity index (χ3n) is 7.07. The standard InChI is InChI=1S/C32H31F3N6OS2/c1-20(2)26-14-9-21(3)16-27(26)41-28(42)18-44-31(41)38-30(43)36-15-5-7-22-6-4-8-23(17-22)29-37-19-40(39-29)25-12-10-24(11-13-25)32(33,34)35/h4,6,8-14,16-17,19-20H,5,7,15,18H2,1-3H3,(H,36,43)/b38-31-. The van der Waals surface area contributed by atoms with E-state index in [1.54, 1.807) is 4.90 Å². The number of amidine groups is 1. The normalized spacial score (nSPS) is 14.6. The predicted octanol–water partition coefficient (Wildman–Crippen LogP) is 7.33. The monoisotopic (exact) mass is 636 g/mol. The number of thioether (sulfide) groups is 1. The Bertz CT molecular complexity index is 1700. The summed E-state index contributed by atoms with van der Waals surface area (Å²) in [6, 6.07) is 18.8. The van der Waals surface area contributed by atoms with E-state index in [9.17, 15) is 18.0 Å². The van der Waals surface area contributed by atoms with E-state index in [1.165, 1.54) is 34.9 Å². The molecule has 4 aromatic rings. The molecule has 0 bridgehead atoms. The van der Waals surface area contributed by atoms with E-state index in [0.29, 0.717) is 34.1 Å². The van der Waals surface area contributed by atoms with Gasteiger partial charge in [-0.25, -0.2) is 9.67 Å². The highest BCUT2D eigenvalue weighted by Crippen LogP contribution is 2.34. The largest absolute Gasteiger partial charge is 0.416 e. The molecular formula is C32H31F3N6OS2. The first kappa shape index (κ1) is 31.4. The number of hydrogen-bond donors (Lipinski definition) is 1. The summed E-state index contributed by atoms with van der Waals surface area (Å²) in [5.74, 6) is 1.03. The van der Waals surface area contributed by atoms with E-state index < -0.39 is 11.7 Å². The van der Waals surface area contributed by atoms with E-state index >= 15 is 0 Å². The van der Waals surface area contributed by atoms with Gasteiger partial charge in [-0.3, -0.25) is 9.69 Å². The number of amides is 1. The highest BCUT2D eigenvalue weighted by atomic mass is 32.2. The van der Waals surface area contributed by atoms with Gasteiger partial charge in [0.15, 0.2) is 16.1 Å². The van der Waals surface area contributed by atoms with Gasteiger partial charge in [0.2, 0.25) is 5.91 Å². The van der Waals surface area contributed by atoms with Gasteiger partial charge in [-0.15, -0.1) is 5.10 Å². The summed E-state index contributed by atoms with van der Waals surface area (Å²) >= 11 is 6.89. The first-order chi connectivity index (χ1) is 21.0. The molecule has 1 aromatic heterocycles. The Morgan fingerprint density at radius 1 is 1.11 bits per heavy atom. The second kappa shape index (κ2) is 13.3. The van der Waals surface area contributed by atoms with E-state index in [0.717, 1.165) is 52.9 Å². The minimum absolute atomic E-state index is 0.0115. The first-order valence-corrected chi connectivity index (χ1v) is 15.5. The molecule has 0 atom stereocenters. The Morgan fingerprint density at radius 2 is 1.89 bits per heavy atom. The minimum atomic E-state index is -4.39. The number of carbonyl (C=O) groups is 1. The summed E-state index contributed by atoms with van der Waals surface area (Å²) < 4.78 is 40.1. The van der Waals surface area contributed by atoms with Crippen LogP contribution in [-0.2, 0) is 17.4 Å². The molecule has 5 rings (SSSR count). The van der Waals surface area contributed by atoms with Crippen LogP contribution in [0, 0.1) is 6.92 Å². The maximum absolute atomic E-state index is 12.9. The Labute approximate surface area is 263 Å². The van der Waals surface area contributed by atoms with Crippen LogP contribution in [0.2, 0.25) is 0 Å². The Kier molecular flexibility index (Phi) is 9.50. The van der Waals surface area contributed by atoms with Gasteiger partial charge in [0.1, 0.15) is 6.33 Å². The fraction of sp³-hybridized carbons (Fsp3) is 0.281. The van der Waals surface area contributed by atoms with E-state index in [-0.39, 0.29) is 11.8 Å². The number of benzene rings is 3. The third kappa shape index (κ3) is 7.36. The van der Waals surface area contributed by atoms with Crippen LogP contribution in [0.3, 0.4) is 0 Å². The van der Waals surface area contributed by atoms with Gasteiger partial charge in [-0.1, -0.05) is 55.9 Å². The number of alkyl halides is 3. The minimum Gasteiger partial charge on any atom is -0.361 e. The van der Waals surface area contributed by atoms with Gasteiger partial charge in [0, 0.05) is 12.1 Å². The summed E-state index contributed by atoms with van der Waals surface area (Å²) in [7, 11) is 0. The molecule has 1 aliphatic rings. The van der Waals surface area contributed by atoms with Gasteiger partial charge < -0.3 is 5.32 Å².